The first-order valence-electron chi connectivity index (χ1n) is 5.22. The first-order valence-corrected chi connectivity index (χ1v) is 5.22. The molecule has 0 unspecified atom stereocenters. The Morgan fingerprint density at radius 2 is 2.00 bits per heavy atom. The number of Topliss-reactive ketones (excluding diaryl/α,β-unsaturated/α-hetero) is 1. The molecule has 0 amide bonds. The molecule has 0 aliphatic rings. The maximum Gasteiger partial charge on any atom is 0.186 e. The fraction of sp³-hybridized carbons (Fsp3) is 0.333. The molecule has 0 bridgehead atoms. The van der Waals surface area contributed by atoms with Gasteiger partial charge in [-0.1, -0.05) is 18.6 Å². The highest BCUT2D eigenvalue weighted by Crippen LogP contribution is 2.12. The van der Waals surface area contributed by atoms with Crippen LogP contribution in [0.5, 0.6) is 0 Å². The average molecular weight is 219 g/mol. The molecule has 1 aromatic carbocycles. The van der Waals surface area contributed by atoms with Crippen molar-refractivity contribution in [3.63, 3.8) is 0 Å². The molecule has 0 spiro atoms. The fourth-order valence-electron chi connectivity index (χ4n) is 1.50. The smallest absolute Gasteiger partial charge is 0.186 e. The summed E-state index contributed by atoms with van der Waals surface area (Å²) in [7, 11) is 0. The lowest BCUT2D eigenvalue weighted by atomic mass is 10.0. The van der Waals surface area contributed by atoms with E-state index in [1.54, 1.807) is 0 Å². The van der Waals surface area contributed by atoms with Crippen molar-refractivity contribution in [1.82, 2.24) is 0 Å². The molecule has 0 aliphatic heterocycles. The van der Waals surface area contributed by atoms with Crippen LogP contribution in [0, 0.1) is 6.92 Å². The minimum absolute atomic E-state index is 0.0601. The van der Waals surface area contributed by atoms with Crippen molar-refractivity contribution in [2.45, 2.75) is 26.8 Å². The molecule has 0 aromatic heterocycles. The largest absolute Gasteiger partial charge is 0.370 e. The van der Waals surface area contributed by atoms with Gasteiger partial charge in [-0.2, -0.15) is 0 Å². The fourth-order valence-corrected chi connectivity index (χ4v) is 1.50. The van der Waals surface area contributed by atoms with Crippen LogP contribution in [-0.2, 0) is 6.54 Å². The van der Waals surface area contributed by atoms with Crippen molar-refractivity contribution >= 4 is 11.7 Å². The molecule has 1 aromatic rings. The van der Waals surface area contributed by atoms with E-state index in [9.17, 15) is 4.79 Å². The Morgan fingerprint density at radius 1 is 1.31 bits per heavy atom. The summed E-state index contributed by atoms with van der Waals surface area (Å²) in [5, 5.41) is 0. The molecule has 0 saturated heterocycles. The van der Waals surface area contributed by atoms with Gasteiger partial charge in [-0.05, 0) is 24.6 Å². The number of nitrogens with zero attached hydrogens (tertiary/aromatic N) is 1. The zero-order valence-corrected chi connectivity index (χ0v) is 9.66. The van der Waals surface area contributed by atoms with E-state index in [1.165, 1.54) is 0 Å². The lowest BCUT2D eigenvalue weighted by molar-refractivity contribution is 0.0988. The number of carbonyl (C=O) groups is 1. The molecular weight excluding hydrogens is 202 g/mol. The van der Waals surface area contributed by atoms with Crippen LogP contribution in [0.4, 0.5) is 0 Å². The van der Waals surface area contributed by atoms with Crippen LogP contribution in [0.25, 0.3) is 0 Å². The highest BCUT2D eigenvalue weighted by molar-refractivity contribution is 5.96. The van der Waals surface area contributed by atoms with Crippen molar-refractivity contribution in [2.75, 3.05) is 0 Å². The number of rotatable bonds is 4. The van der Waals surface area contributed by atoms with Crippen molar-refractivity contribution in [3.05, 3.63) is 34.9 Å². The zero-order valence-electron chi connectivity index (χ0n) is 9.66. The van der Waals surface area contributed by atoms with E-state index in [0.29, 0.717) is 13.0 Å². The molecular formula is C12H17N3O. The summed E-state index contributed by atoms with van der Waals surface area (Å²) >= 11 is 0. The van der Waals surface area contributed by atoms with Gasteiger partial charge >= 0.3 is 0 Å². The molecule has 86 valence electrons. The number of aliphatic imine (C=N–C) groups is 1. The van der Waals surface area contributed by atoms with Crippen molar-refractivity contribution in [3.8, 4) is 0 Å². The van der Waals surface area contributed by atoms with Crippen LogP contribution >= 0.6 is 0 Å². The van der Waals surface area contributed by atoms with Gasteiger partial charge in [0.25, 0.3) is 0 Å². The van der Waals surface area contributed by atoms with Gasteiger partial charge in [0.2, 0.25) is 0 Å². The summed E-state index contributed by atoms with van der Waals surface area (Å²) in [6.45, 7) is 4.21. The second kappa shape index (κ2) is 5.30. The number of aryl methyl sites for hydroxylation is 1. The normalized spacial score (nSPS) is 9.88. The number of carbonyl (C=O) groups excluding carboxylic acids is 1. The highest BCUT2D eigenvalue weighted by Gasteiger charge is 2.05. The van der Waals surface area contributed by atoms with Gasteiger partial charge in [0.05, 0.1) is 6.54 Å². The van der Waals surface area contributed by atoms with E-state index in [-0.39, 0.29) is 11.7 Å². The Hall–Kier alpha value is -1.84. The summed E-state index contributed by atoms with van der Waals surface area (Å²) in [5.41, 5.74) is 13.2. The predicted octanol–water partition coefficient (Wildman–Crippen LogP) is 1.36. The number of ketones is 1. The molecule has 1 rings (SSSR count). The molecule has 4 heteroatoms. The Labute approximate surface area is 95.4 Å². The van der Waals surface area contributed by atoms with Gasteiger partial charge in [-0.25, -0.2) is 4.99 Å². The third-order valence-electron chi connectivity index (χ3n) is 2.22. The first kappa shape index (κ1) is 12.2. The highest BCUT2D eigenvalue weighted by atomic mass is 16.1. The number of hydrogen-bond acceptors (Lipinski definition) is 2. The molecule has 4 nitrogen and oxygen atoms in total. The summed E-state index contributed by atoms with van der Waals surface area (Å²) in [5.74, 6) is 0.194. The van der Waals surface area contributed by atoms with Crippen LogP contribution in [0.1, 0.15) is 34.8 Å². The summed E-state index contributed by atoms with van der Waals surface area (Å²) < 4.78 is 0. The van der Waals surface area contributed by atoms with E-state index in [4.69, 9.17) is 11.5 Å². The number of nitrogens with two attached hydrogens (primary N) is 2. The van der Waals surface area contributed by atoms with Crippen molar-refractivity contribution in [1.29, 1.82) is 0 Å². The van der Waals surface area contributed by atoms with Crippen LogP contribution in [0.3, 0.4) is 0 Å². The Bertz CT molecular complexity index is 420. The lowest BCUT2D eigenvalue weighted by Gasteiger charge is -2.04. The first-order chi connectivity index (χ1) is 7.52. The van der Waals surface area contributed by atoms with Crippen LogP contribution < -0.4 is 11.5 Å². The number of guanidine groups is 1. The summed E-state index contributed by atoms with van der Waals surface area (Å²) in [4.78, 5) is 15.5. The molecule has 0 radical (unpaired) electrons. The Kier molecular flexibility index (Phi) is 4.05. The van der Waals surface area contributed by atoms with Gasteiger partial charge in [0.1, 0.15) is 0 Å². The zero-order chi connectivity index (χ0) is 12.1. The molecule has 0 aliphatic carbocycles. The van der Waals surface area contributed by atoms with E-state index in [0.717, 1.165) is 16.7 Å². The van der Waals surface area contributed by atoms with Gasteiger partial charge in [-0.3, -0.25) is 4.79 Å². The van der Waals surface area contributed by atoms with E-state index < -0.39 is 0 Å². The molecule has 4 N–H and O–H groups in total. The van der Waals surface area contributed by atoms with Gasteiger partial charge in [0, 0.05) is 12.0 Å². The van der Waals surface area contributed by atoms with E-state index in [1.807, 2.05) is 32.0 Å². The van der Waals surface area contributed by atoms with Gasteiger partial charge < -0.3 is 11.5 Å². The summed E-state index contributed by atoms with van der Waals surface area (Å²) in [6, 6.07) is 5.69. The topological polar surface area (TPSA) is 81.5 Å². The van der Waals surface area contributed by atoms with Crippen molar-refractivity contribution in [2.24, 2.45) is 16.5 Å². The van der Waals surface area contributed by atoms with Crippen LogP contribution in [0.2, 0.25) is 0 Å². The predicted molar refractivity (Wildman–Crippen MR) is 65.3 cm³/mol. The van der Waals surface area contributed by atoms with Crippen LogP contribution in [-0.4, -0.2) is 11.7 Å². The molecule has 16 heavy (non-hydrogen) atoms. The third-order valence-corrected chi connectivity index (χ3v) is 2.22. The second-order valence-electron chi connectivity index (χ2n) is 3.73. The van der Waals surface area contributed by atoms with Crippen LogP contribution in [0.15, 0.2) is 23.2 Å². The van der Waals surface area contributed by atoms with E-state index in [2.05, 4.69) is 4.99 Å². The van der Waals surface area contributed by atoms with Crippen molar-refractivity contribution < 1.29 is 4.79 Å². The molecule has 0 fully saturated rings. The quantitative estimate of drug-likeness (QED) is 0.455. The minimum Gasteiger partial charge on any atom is -0.370 e. The molecule has 0 atom stereocenters. The van der Waals surface area contributed by atoms with E-state index >= 15 is 0 Å². The number of hydrogen-bond donors (Lipinski definition) is 2. The molecule has 0 saturated carbocycles. The SMILES string of the molecule is CCC(=O)c1cc(C)cc(CN=C(N)N)c1. The maximum absolute atomic E-state index is 11.6. The summed E-state index contributed by atoms with van der Waals surface area (Å²) in [6.07, 6.45) is 0.505. The van der Waals surface area contributed by atoms with Gasteiger partial charge in [0.15, 0.2) is 11.7 Å². The number of benzene rings is 1. The average Bonchev–Trinajstić information content (AvgIpc) is 2.24. The third kappa shape index (κ3) is 3.38. The lowest BCUT2D eigenvalue weighted by Crippen LogP contribution is -2.22. The minimum atomic E-state index is 0.0601. The van der Waals surface area contributed by atoms with Gasteiger partial charge in [-0.15, -0.1) is 0 Å². The second-order valence-corrected chi connectivity index (χ2v) is 3.73. The standard InChI is InChI=1S/C12H17N3O/c1-3-11(16)10-5-8(2)4-9(6-10)7-15-12(13)14/h4-6H,3,7H2,1-2H3,(H4,13,14,15). The Balaban J connectivity index is 2.98. The maximum atomic E-state index is 11.6. The monoisotopic (exact) mass is 219 g/mol. The Morgan fingerprint density at radius 3 is 2.56 bits per heavy atom. The molecule has 0 heterocycles.